The Morgan fingerprint density at radius 1 is 0.955 bits per heavy atom. The van der Waals surface area contributed by atoms with Crippen LogP contribution >= 0.6 is 23.2 Å². The standard InChI is InChI=1S/C29H28Cl2N8O4S/c1-29(14-19-3-5-20(6-4-19)21-15-33-18-34-16-21)26(40)38(24-12-22(30)11-23(31)13-24)27-35-17-25(39(27)29)44(42,43)37-9-7-36(8-10-37)28(41)32-2/h3-6,11-13,15-18H,7-10,14H2,1-2H3,(H,32,41)/t29-/m1/s1. The molecular weight excluding hydrogens is 627 g/mol. The highest BCUT2D eigenvalue weighted by Crippen LogP contribution is 2.45. The number of hydrogen-bond acceptors (Lipinski definition) is 7. The Balaban J connectivity index is 1.41. The van der Waals surface area contributed by atoms with E-state index in [2.05, 4.69) is 20.3 Å². The van der Waals surface area contributed by atoms with Crippen molar-refractivity contribution in [1.29, 1.82) is 0 Å². The van der Waals surface area contributed by atoms with Crippen LogP contribution in [0.1, 0.15) is 12.5 Å². The molecule has 44 heavy (non-hydrogen) atoms. The molecule has 4 aromatic rings. The maximum atomic E-state index is 14.4. The van der Waals surface area contributed by atoms with Crippen molar-refractivity contribution in [3.8, 4) is 11.1 Å². The lowest BCUT2D eigenvalue weighted by molar-refractivity contribution is -0.124. The number of imidazole rings is 1. The monoisotopic (exact) mass is 654 g/mol. The number of urea groups is 1. The van der Waals surface area contributed by atoms with Gasteiger partial charge in [-0.05, 0) is 36.2 Å². The van der Waals surface area contributed by atoms with Gasteiger partial charge in [-0.2, -0.15) is 4.31 Å². The zero-order valence-corrected chi connectivity index (χ0v) is 26.1. The predicted molar refractivity (Wildman–Crippen MR) is 165 cm³/mol. The number of halogens is 2. The second-order valence-electron chi connectivity index (χ2n) is 10.7. The minimum Gasteiger partial charge on any atom is -0.341 e. The highest BCUT2D eigenvalue weighted by Gasteiger charge is 2.52. The predicted octanol–water partition coefficient (Wildman–Crippen LogP) is 3.93. The Morgan fingerprint density at radius 2 is 1.59 bits per heavy atom. The van der Waals surface area contributed by atoms with E-state index >= 15 is 0 Å². The number of nitrogens with zero attached hydrogens (tertiary/aromatic N) is 7. The first-order chi connectivity index (χ1) is 21.0. The minimum absolute atomic E-state index is 0.0964. The minimum atomic E-state index is -4.12. The molecule has 2 aliphatic heterocycles. The number of carbonyl (C=O) groups is 2. The summed E-state index contributed by atoms with van der Waals surface area (Å²) in [5.74, 6) is -0.253. The van der Waals surface area contributed by atoms with Crippen molar-refractivity contribution in [1.82, 2.24) is 34.0 Å². The number of carbonyl (C=O) groups excluding carboxylic acids is 2. The quantitative estimate of drug-likeness (QED) is 0.333. The van der Waals surface area contributed by atoms with Crippen molar-refractivity contribution in [2.45, 2.75) is 23.9 Å². The third kappa shape index (κ3) is 5.19. The molecule has 2 aromatic carbocycles. The number of anilines is 2. The summed E-state index contributed by atoms with van der Waals surface area (Å²) in [6.45, 7) is 2.34. The van der Waals surface area contributed by atoms with Crippen LogP contribution in [-0.2, 0) is 26.8 Å². The van der Waals surface area contributed by atoms with Crippen LogP contribution in [0.2, 0.25) is 10.0 Å². The van der Waals surface area contributed by atoms with Crippen molar-refractivity contribution >= 4 is 56.8 Å². The number of aromatic nitrogens is 4. The van der Waals surface area contributed by atoms with E-state index in [0.717, 1.165) is 16.7 Å². The van der Waals surface area contributed by atoms with Gasteiger partial charge in [0.05, 0.1) is 11.9 Å². The van der Waals surface area contributed by atoms with Crippen LogP contribution in [-0.4, -0.2) is 82.3 Å². The lowest BCUT2D eigenvalue weighted by Crippen LogP contribution is -2.53. The molecule has 0 bridgehead atoms. The van der Waals surface area contributed by atoms with Gasteiger partial charge in [0, 0.05) is 67.6 Å². The van der Waals surface area contributed by atoms with Crippen LogP contribution in [0.3, 0.4) is 0 Å². The van der Waals surface area contributed by atoms with Gasteiger partial charge in [-0.3, -0.25) is 9.36 Å². The maximum Gasteiger partial charge on any atom is 0.317 e. The van der Waals surface area contributed by atoms with Gasteiger partial charge in [0.15, 0.2) is 5.03 Å². The van der Waals surface area contributed by atoms with Crippen LogP contribution in [0, 0.1) is 0 Å². The number of sulfonamides is 1. The van der Waals surface area contributed by atoms with E-state index in [-0.39, 0.29) is 55.5 Å². The Morgan fingerprint density at radius 3 is 2.20 bits per heavy atom. The number of rotatable bonds is 6. The van der Waals surface area contributed by atoms with Crippen molar-refractivity contribution in [2.75, 3.05) is 38.1 Å². The summed E-state index contributed by atoms with van der Waals surface area (Å²) < 4.78 is 31.0. The smallest absolute Gasteiger partial charge is 0.317 e. The Bertz CT molecular complexity index is 1820. The molecule has 1 fully saturated rings. The van der Waals surface area contributed by atoms with E-state index in [1.54, 1.807) is 42.4 Å². The zero-order valence-electron chi connectivity index (χ0n) is 23.8. The van der Waals surface area contributed by atoms with Gasteiger partial charge >= 0.3 is 6.03 Å². The van der Waals surface area contributed by atoms with Crippen molar-refractivity contribution in [3.05, 3.63) is 83.0 Å². The highest BCUT2D eigenvalue weighted by molar-refractivity contribution is 7.89. The van der Waals surface area contributed by atoms with Gasteiger partial charge < -0.3 is 10.2 Å². The SMILES string of the molecule is CNC(=O)N1CCN(S(=O)(=O)c2cnc3n2[C@](C)(Cc2ccc(-c4cncnc4)cc2)C(=O)N3c2cc(Cl)cc(Cl)c2)CC1. The molecule has 0 unspecified atom stereocenters. The van der Waals surface area contributed by atoms with Gasteiger partial charge in [0.25, 0.3) is 15.9 Å². The van der Waals surface area contributed by atoms with Gasteiger partial charge in [-0.25, -0.2) is 33.1 Å². The summed E-state index contributed by atoms with van der Waals surface area (Å²) >= 11 is 12.6. The second kappa shape index (κ2) is 11.5. The molecule has 1 saturated heterocycles. The molecule has 0 spiro atoms. The first-order valence-corrected chi connectivity index (χ1v) is 15.9. The van der Waals surface area contributed by atoms with Crippen LogP contribution in [0.5, 0.6) is 0 Å². The molecule has 3 amide bonds. The number of benzene rings is 2. The van der Waals surface area contributed by atoms with Gasteiger partial charge in [0.2, 0.25) is 5.95 Å². The van der Waals surface area contributed by atoms with Crippen molar-refractivity contribution in [2.24, 2.45) is 0 Å². The summed E-state index contributed by atoms with van der Waals surface area (Å²) in [5.41, 5.74) is 1.52. The van der Waals surface area contributed by atoms with Crippen LogP contribution in [0.15, 0.2) is 72.4 Å². The lowest BCUT2D eigenvalue weighted by atomic mass is 9.91. The summed E-state index contributed by atoms with van der Waals surface area (Å²) in [6, 6.07) is 12.0. The topological polar surface area (TPSA) is 134 Å². The molecule has 228 valence electrons. The summed E-state index contributed by atoms with van der Waals surface area (Å²) in [7, 11) is -2.59. The third-order valence-corrected chi connectivity index (χ3v) is 10.2. The first kappa shape index (κ1) is 30.0. The van der Waals surface area contributed by atoms with Gasteiger partial charge in [-0.15, -0.1) is 0 Å². The average Bonchev–Trinajstić information content (AvgIpc) is 3.55. The van der Waals surface area contributed by atoms with Crippen LogP contribution < -0.4 is 10.2 Å². The van der Waals surface area contributed by atoms with E-state index in [9.17, 15) is 18.0 Å². The molecule has 0 radical (unpaired) electrons. The molecule has 0 saturated carbocycles. The number of amides is 3. The van der Waals surface area contributed by atoms with Crippen molar-refractivity contribution < 1.29 is 18.0 Å². The van der Waals surface area contributed by atoms with Crippen LogP contribution in [0.25, 0.3) is 11.1 Å². The summed E-state index contributed by atoms with van der Waals surface area (Å²) in [6.07, 6.45) is 6.32. The molecule has 12 nitrogen and oxygen atoms in total. The molecule has 1 N–H and O–H groups in total. The van der Waals surface area contributed by atoms with E-state index < -0.39 is 15.6 Å². The van der Waals surface area contributed by atoms with Crippen LogP contribution in [0.4, 0.5) is 16.4 Å². The zero-order chi connectivity index (χ0) is 31.2. The van der Waals surface area contributed by atoms with E-state index in [0.29, 0.717) is 15.7 Å². The lowest BCUT2D eigenvalue weighted by Gasteiger charge is -2.34. The summed E-state index contributed by atoms with van der Waals surface area (Å²) in [4.78, 5) is 42.0. The number of piperazine rings is 1. The molecule has 15 heteroatoms. The molecule has 2 aliphatic rings. The van der Waals surface area contributed by atoms with E-state index in [1.807, 2.05) is 24.3 Å². The fraction of sp³-hybridized carbons (Fsp3) is 0.276. The fourth-order valence-electron chi connectivity index (χ4n) is 5.70. The normalized spacial score (nSPS) is 18.9. The first-order valence-electron chi connectivity index (χ1n) is 13.7. The number of nitrogens with one attached hydrogen (secondary N) is 1. The van der Waals surface area contributed by atoms with Gasteiger partial charge in [0.1, 0.15) is 11.9 Å². The molecule has 2 aromatic heterocycles. The number of hydrogen-bond donors (Lipinski definition) is 1. The Kier molecular flexibility index (Phi) is 7.82. The molecule has 0 aliphatic carbocycles. The molecule has 1 atom stereocenters. The van der Waals surface area contributed by atoms with E-state index in [4.69, 9.17) is 23.2 Å². The largest absolute Gasteiger partial charge is 0.341 e. The average molecular weight is 656 g/mol. The Hall–Kier alpha value is -4.04. The molecular formula is C29H28Cl2N8O4S. The fourth-order valence-corrected chi connectivity index (χ4v) is 7.82. The highest BCUT2D eigenvalue weighted by atomic mass is 35.5. The second-order valence-corrected chi connectivity index (χ2v) is 13.5. The molecule has 6 rings (SSSR count). The Labute approximate surface area is 264 Å². The third-order valence-electron chi connectivity index (χ3n) is 7.91. The maximum absolute atomic E-state index is 14.4. The van der Waals surface area contributed by atoms with E-state index in [1.165, 1.54) is 33.3 Å². The van der Waals surface area contributed by atoms with Gasteiger partial charge in [-0.1, -0.05) is 47.5 Å². The summed E-state index contributed by atoms with van der Waals surface area (Å²) in [5, 5.41) is 3.07. The number of fused-ring (bicyclic) bond motifs is 1. The van der Waals surface area contributed by atoms with Crippen molar-refractivity contribution in [3.63, 3.8) is 0 Å². The molecule has 4 heterocycles.